The Balaban J connectivity index is 2.49. The summed E-state index contributed by atoms with van der Waals surface area (Å²) in [7, 11) is 0. The largest absolute Gasteiger partial charge is 0.393 e. The lowest BCUT2D eigenvalue weighted by molar-refractivity contribution is -0.139. The van der Waals surface area contributed by atoms with Crippen molar-refractivity contribution >= 4 is 0 Å². The second-order valence-electron chi connectivity index (χ2n) is 4.99. The number of alkyl halides is 3. The highest BCUT2D eigenvalue weighted by Crippen LogP contribution is 2.24. The highest BCUT2D eigenvalue weighted by atomic mass is 19.4. The Labute approximate surface area is 101 Å². The van der Waals surface area contributed by atoms with Crippen molar-refractivity contribution in [2.24, 2.45) is 0 Å². The van der Waals surface area contributed by atoms with Gasteiger partial charge in [0.25, 0.3) is 0 Å². The molecule has 0 spiro atoms. The van der Waals surface area contributed by atoms with Crippen LogP contribution in [0.2, 0.25) is 0 Å². The van der Waals surface area contributed by atoms with E-state index in [0.29, 0.717) is 6.42 Å². The number of hydrogen-bond acceptors (Lipinski definition) is 2. The van der Waals surface area contributed by atoms with Gasteiger partial charge in [0.1, 0.15) is 0 Å². The lowest BCUT2D eigenvalue weighted by Crippen LogP contribution is -2.39. The molecule has 1 rings (SSSR count). The van der Waals surface area contributed by atoms with Crippen molar-refractivity contribution in [3.63, 3.8) is 0 Å². The van der Waals surface area contributed by atoms with Crippen molar-refractivity contribution in [3.8, 4) is 0 Å². The Morgan fingerprint density at radius 2 is 2.00 bits per heavy atom. The van der Waals surface area contributed by atoms with E-state index in [-0.39, 0.29) is 12.6 Å². The molecule has 1 N–H and O–H groups in total. The molecule has 0 bridgehead atoms. The van der Waals surface area contributed by atoms with Gasteiger partial charge in [-0.2, -0.15) is 13.2 Å². The zero-order valence-corrected chi connectivity index (χ0v) is 10.3. The summed E-state index contributed by atoms with van der Waals surface area (Å²) >= 11 is 0. The molecule has 1 aliphatic rings. The molecule has 0 saturated carbocycles. The van der Waals surface area contributed by atoms with E-state index in [1.807, 2.05) is 4.90 Å². The number of aliphatic hydroxyl groups excluding tert-OH is 1. The number of halogens is 3. The highest BCUT2D eigenvalue weighted by molar-refractivity contribution is 4.77. The van der Waals surface area contributed by atoms with E-state index in [0.717, 1.165) is 32.2 Å². The molecule has 17 heavy (non-hydrogen) atoms. The third-order valence-corrected chi connectivity index (χ3v) is 3.29. The third kappa shape index (κ3) is 6.27. The normalized spacial score (nSPS) is 25.6. The molecule has 0 aromatic rings. The summed E-state index contributed by atoms with van der Waals surface area (Å²) in [6.07, 6.45) is -0.676. The Bertz CT molecular complexity index is 218. The first-order chi connectivity index (χ1) is 7.88. The van der Waals surface area contributed by atoms with E-state index in [2.05, 4.69) is 0 Å². The first kappa shape index (κ1) is 14.8. The Hall–Kier alpha value is -0.290. The van der Waals surface area contributed by atoms with Gasteiger partial charge in [-0.1, -0.05) is 12.8 Å². The number of hydrogen-bond donors (Lipinski definition) is 1. The predicted octanol–water partition coefficient (Wildman–Crippen LogP) is 2.95. The number of likely N-dealkylation sites (tertiary alicyclic amines) is 1. The zero-order chi connectivity index (χ0) is 12.9. The van der Waals surface area contributed by atoms with Gasteiger partial charge in [-0.05, 0) is 32.7 Å². The first-order valence-corrected chi connectivity index (χ1v) is 6.37. The van der Waals surface area contributed by atoms with Crippen LogP contribution in [0.15, 0.2) is 0 Å². The molecule has 0 aromatic carbocycles. The molecule has 1 saturated heterocycles. The van der Waals surface area contributed by atoms with E-state index < -0.39 is 18.7 Å². The maximum Gasteiger partial charge on any atom is 0.390 e. The van der Waals surface area contributed by atoms with Crippen LogP contribution in [0.5, 0.6) is 0 Å². The van der Waals surface area contributed by atoms with Gasteiger partial charge in [-0.25, -0.2) is 0 Å². The molecule has 0 aliphatic carbocycles. The average molecular weight is 253 g/mol. The zero-order valence-electron chi connectivity index (χ0n) is 10.3. The summed E-state index contributed by atoms with van der Waals surface area (Å²) in [6.45, 7) is 2.50. The Kier molecular flexibility index (Phi) is 5.73. The molecule has 5 heteroatoms. The van der Waals surface area contributed by atoms with Crippen LogP contribution in [-0.2, 0) is 0 Å². The monoisotopic (exact) mass is 253 g/mol. The van der Waals surface area contributed by atoms with Crippen LogP contribution in [0.3, 0.4) is 0 Å². The summed E-state index contributed by atoms with van der Waals surface area (Å²) in [5.41, 5.74) is 0. The fourth-order valence-electron chi connectivity index (χ4n) is 2.46. The summed E-state index contributed by atoms with van der Waals surface area (Å²) in [5, 5.41) is 9.39. The SMILES string of the molecule is CC(O)CC1CCCCCN1CCC(F)(F)F. The minimum Gasteiger partial charge on any atom is -0.393 e. The van der Waals surface area contributed by atoms with Crippen LogP contribution in [0.4, 0.5) is 13.2 Å². The second-order valence-corrected chi connectivity index (χ2v) is 4.99. The molecule has 1 heterocycles. The molecular formula is C12H22F3NO. The summed E-state index contributed by atoms with van der Waals surface area (Å²) in [4.78, 5) is 1.91. The number of rotatable bonds is 4. The van der Waals surface area contributed by atoms with Crippen molar-refractivity contribution in [3.05, 3.63) is 0 Å². The Morgan fingerprint density at radius 1 is 1.29 bits per heavy atom. The summed E-state index contributed by atoms with van der Waals surface area (Å²) < 4.78 is 36.7. The first-order valence-electron chi connectivity index (χ1n) is 6.37. The fourth-order valence-corrected chi connectivity index (χ4v) is 2.46. The third-order valence-electron chi connectivity index (χ3n) is 3.29. The molecule has 102 valence electrons. The molecule has 1 aliphatic heterocycles. The van der Waals surface area contributed by atoms with Crippen molar-refractivity contribution in [1.82, 2.24) is 4.90 Å². The molecule has 2 unspecified atom stereocenters. The Morgan fingerprint density at radius 3 is 2.59 bits per heavy atom. The molecule has 0 amide bonds. The number of nitrogens with zero attached hydrogens (tertiary/aromatic N) is 1. The maximum atomic E-state index is 12.2. The predicted molar refractivity (Wildman–Crippen MR) is 60.8 cm³/mol. The highest BCUT2D eigenvalue weighted by Gasteiger charge is 2.30. The quantitative estimate of drug-likeness (QED) is 0.832. The lowest BCUT2D eigenvalue weighted by atomic mass is 10.0. The van der Waals surface area contributed by atoms with Gasteiger partial charge in [0.05, 0.1) is 12.5 Å². The van der Waals surface area contributed by atoms with Gasteiger partial charge in [0.2, 0.25) is 0 Å². The van der Waals surface area contributed by atoms with Crippen LogP contribution in [0.25, 0.3) is 0 Å². The standard InChI is InChI=1S/C12H22F3NO/c1-10(17)9-11-5-3-2-4-7-16(11)8-6-12(13,14)15/h10-11,17H,2-9H2,1H3. The van der Waals surface area contributed by atoms with Crippen molar-refractivity contribution in [2.45, 2.75) is 63.8 Å². The molecule has 2 atom stereocenters. The van der Waals surface area contributed by atoms with Crippen molar-refractivity contribution < 1.29 is 18.3 Å². The second kappa shape index (κ2) is 6.59. The van der Waals surface area contributed by atoms with E-state index in [4.69, 9.17) is 0 Å². The van der Waals surface area contributed by atoms with Gasteiger partial charge in [-0.3, -0.25) is 4.90 Å². The van der Waals surface area contributed by atoms with Gasteiger partial charge in [0.15, 0.2) is 0 Å². The van der Waals surface area contributed by atoms with Crippen molar-refractivity contribution in [2.75, 3.05) is 13.1 Å². The molecule has 1 fully saturated rings. The van der Waals surface area contributed by atoms with Crippen LogP contribution in [-0.4, -0.2) is 41.4 Å². The van der Waals surface area contributed by atoms with E-state index in [1.165, 1.54) is 0 Å². The van der Waals surface area contributed by atoms with Gasteiger partial charge < -0.3 is 5.11 Å². The van der Waals surface area contributed by atoms with Gasteiger partial charge >= 0.3 is 6.18 Å². The molecular weight excluding hydrogens is 231 g/mol. The minimum absolute atomic E-state index is 0.0703. The molecule has 0 radical (unpaired) electrons. The van der Waals surface area contributed by atoms with Gasteiger partial charge in [-0.15, -0.1) is 0 Å². The average Bonchev–Trinajstić information content (AvgIpc) is 2.38. The molecule has 0 aromatic heterocycles. The van der Waals surface area contributed by atoms with Crippen molar-refractivity contribution in [1.29, 1.82) is 0 Å². The lowest BCUT2D eigenvalue weighted by Gasteiger charge is -2.31. The maximum absolute atomic E-state index is 12.2. The smallest absolute Gasteiger partial charge is 0.390 e. The minimum atomic E-state index is -4.08. The fraction of sp³-hybridized carbons (Fsp3) is 1.00. The summed E-state index contributed by atoms with van der Waals surface area (Å²) in [5.74, 6) is 0. The summed E-state index contributed by atoms with van der Waals surface area (Å²) in [6, 6.07) is 0.111. The van der Waals surface area contributed by atoms with Crippen LogP contribution in [0, 0.1) is 0 Å². The van der Waals surface area contributed by atoms with E-state index >= 15 is 0 Å². The van der Waals surface area contributed by atoms with E-state index in [1.54, 1.807) is 6.92 Å². The van der Waals surface area contributed by atoms with E-state index in [9.17, 15) is 18.3 Å². The molecule has 2 nitrogen and oxygen atoms in total. The van der Waals surface area contributed by atoms with Crippen LogP contribution in [0.1, 0.15) is 45.4 Å². The van der Waals surface area contributed by atoms with Crippen LogP contribution >= 0.6 is 0 Å². The topological polar surface area (TPSA) is 23.5 Å². The van der Waals surface area contributed by atoms with Crippen LogP contribution < -0.4 is 0 Å². The number of aliphatic hydroxyl groups is 1. The van der Waals surface area contributed by atoms with Gasteiger partial charge in [0, 0.05) is 12.6 Å².